The fourth-order valence-corrected chi connectivity index (χ4v) is 5.34. The Morgan fingerprint density at radius 3 is 2.58 bits per heavy atom. The predicted octanol–water partition coefficient (Wildman–Crippen LogP) is -0.341. The lowest BCUT2D eigenvalue weighted by molar-refractivity contribution is -0.167. The van der Waals surface area contributed by atoms with Crippen molar-refractivity contribution >= 4 is 17.5 Å². The molecule has 9 heteroatoms. The SMILES string of the molecule is CN(C)CC#Cc1ccc(O)c2c1C[C@H]1C[C@H]3CC(O)C(C(N)=O)C(=O)[C@@]3(O)C(O)=C1C2=O. The van der Waals surface area contributed by atoms with Crippen LogP contribution >= 0.6 is 0 Å². The van der Waals surface area contributed by atoms with E-state index in [2.05, 4.69) is 11.8 Å². The zero-order valence-corrected chi connectivity index (χ0v) is 18.3. The smallest absolute Gasteiger partial charge is 0.230 e. The minimum absolute atomic E-state index is 0.0266. The van der Waals surface area contributed by atoms with Crippen molar-refractivity contribution in [2.75, 3.05) is 20.6 Å². The van der Waals surface area contributed by atoms with E-state index in [1.165, 1.54) is 6.07 Å². The largest absolute Gasteiger partial charge is 0.508 e. The first-order valence-corrected chi connectivity index (χ1v) is 10.7. The molecule has 1 aromatic carbocycles. The number of fused-ring (bicyclic) bond motifs is 3. The maximum absolute atomic E-state index is 13.4. The molecule has 1 fully saturated rings. The van der Waals surface area contributed by atoms with Gasteiger partial charge in [0.25, 0.3) is 0 Å². The molecular weight excluding hydrogens is 428 g/mol. The Bertz CT molecular complexity index is 1160. The van der Waals surface area contributed by atoms with Crippen LogP contribution < -0.4 is 5.73 Å². The Balaban J connectivity index is 1.84. The number of rotatable bonds is 2. The molecule has 1 amide bonds. The molecule has 174 valence electrons. The number of aromatic hydroxyl groups is 1. The number of hydrogen-bond donors (Lipinski definition) is 5. The number of primary amides is 1. The molecule has 3 aliphatic rings. The second kappa shape index (κ2) is 7.99. The number of phenols is 1. The Labute approximate surface area is 190 Å². The highest BCUT2D eigenvalue weighted by molar-refractivity contribution is 6.15. The van der Waals surface area contributed by atoms with Gasteiger partial charge in [0.1, 0.15) is 17.4 Å². The van der Waals surface area contributed by atoms with Crippen LogP contribution in [-0.4, -0.2) is 75.1 Å². The molecule has 9 nitrogen and oxygen atoms in total. The van der Waals surface area contributed by atoms with Crippen LogP contribution in [0.15, 0.2) is 23.5 Å². The minimum atomic E-state index is -2.50. The second-order valence-corrected chi connectivity index (χ2v) is 9.26. The molecule has 1 aromatic rings. The number of aliphatic hydroxyl groups excluding tert-OH is 2. The van der Waals surface area contributed by atoms with Gasteiger partial charge < -0.3 is 26.2 Å². The average Bonchev–Trinajstić information content (AvgIpc) is 2.71. The highest BCUT2D eigenvalue weighted by Gasteiger charge is 2.62. The number of allylic oxidation sites excluding steroid dienone is 1. The van der Waals surface area contributed by atoms with Gasteiger partial charge in [-0.3, -0.25) is 19.3 Å². The maximum atomic E-state index is 13.4. The van der Waals surface area contributed by atoms with Crippen molar-refractivity contribution in [2.45, 2.75) is 31.0 Å². The summed E-state index contributed by atoms with van der Waals surface area (Å²) in [4.78, 5) is 40.0. The molecule has 0 aliphatic heterocycles. The molecule has 0 bridgehead atoms. The zero-order chi connectivity index (χ0) is 24.2. The van der Waals surface area contributed by atoms with Crippen molar-refractivity contribution in [2.24, 2.45) is 23.5 Å². The van der Waals surface area contributed by atoms with Gasteiger partial charge in [-0.1, -0.05) is 11.8 Å². The highest BCUT2D eigenvalue weighted by atomic mass is 16.3. The first kappa shape index (κ1) is 23.0. The summed E-state index contributed by atoms with van der Waals surface area (Å²) in [5.74, 6) is -1.17. The number of aliphatic hydroxyl groups is 3. The van der Waals surface area contributed by atoms with E-state index in [-0.39, 0.29) is 36.1 Å². The van der Waals surface area contributed by atoms with Crippen LogP contribution in [0.3, 0.4) is 0 Å². The lowest BCUT2D eigenvalue weighted by atomic mass is 9.57. The maximum Gasteiger partial charge on any atom is 0.230 e. The van der Waals surface area contributed by atoms with E-state index in [0.29, 0.717) is 17.7 Å². The first-order chi connectivity index (χ1) is 15.5. The molecule has 0 heterocycles. The number of carbonyl (C=O) groups is 3. The highest BCUT2D eigenvalue weighted by Crippen LogP contribution is 2.51. The molecule has 1 saturated carbocycles. The minimum Gasteiger partial charge on any atom is -0.508 e. The summed E-state index contributed by atoms with van der Waals surface area (Å²) in [6, 6.07) is 2.98. The van der Waals surface area contributed by atoms with E-state index in [1.54, 1.807) is 6.07 Å². The van der Waals surface area contributed by atoms with E-state index >= 15 is 0 Å². The van der Waals surface area contributed by atoms with Crippen molar-refractivity contribution in [3.05, 3.63) is 40.2 Å². The van der Waals surface area contributed by atoms with Gasteiger partial charge in [-0.15, -0.1) is 0 Å². The molecule has 2 unspecified atom stereocenters. The van der Waals surface area contributed by atoms with Crippen LogP contribution in [0.5, 0.6) is 5.75 Å². The Hall–Kier alpha value is -3.19. The predicted molar refractivity (Wildman–Crippen MR) is 116 cm³/mol. The number of Topliss-reactive ketones (excluding diaryl/α,β-unsaturated/α-hetero) is 2. The Morgan fingerprint density at radius 2 is 1.94 bits per heavy atom. The summed E-state index contributed by atoms with van der Waals surface area (Å²) >= 11 is 0. The number of amides is 1. The summed E-state index contributed by atoms with van der Waals surface area (Å²) in [5.41, 5.74) is 3.67. The third-order valence-electron chi connectivity index (χ3n) is 6.89. The van der Waals surface area contributed by atoms with Crippen LogP contribution in [0.25, 0.3) is 0 Å². The number of phenolic OH excluding ortho intramolecular Hbond substituents is 1. The summed E-state index contributed by atoms with van der Waals surface area (Å²) in [5, 5.41) is 43.0. The van der Waals surface area contributed by atoms with Crippen molar-refractivity contribution in [3.63, 3.8) is 0 Å². The Morgan fingerprint density at radius 1 is 1.24 bits per heavy atom. The monoisotopic (exact) mass is 454 g/mol. The van der Waals surface area contributed by atoms with Gasteiger partial charge in [0.15, 0.2) is 17.2 Å². The number of nitrogens with two attached hydrogens (primary N) is 1. The molecule has 4 rings (SSSR count). The van der Waals surface area contributed by atoms with Crippen molar-refractivity contribution in [1.82, 2.24) is 4.90 Å². The molecule has 0 radical (unpaired) electrons. The van der Waals surface area contributed by atoms with Gasteiger partial charge >= 0.3 is 0 Å². The van der Waals surface area contributed by atoms with Gasteiger partial charge in [-0.2, -0.15) is 0 Å². The van der Waals surface area contributed by atoms with Gasteiger partial charge in [-0.25, -0.2) is 0 Å². The zero-order valence-electron chi connectivity index (χ0n) is 18.3. The fourth-order valence-electron chi connectivity index (χ4n) is 5.34. The quantitative estimate of drug-likeness (QED) is 0.299. The Kier molecular flexibility index (Phi) is 5.56. The molecule has 0 saturated heterocycles. The molecule has 6 N–H and O–H groups in total. The normalized spacial score (nSPS) is 30.8. The summed E-state index contributed by atoms with van der Waals surface area (Å²) < 4.78 is 0. The third kappa shape index (κ3) is 3.42. The van der Waals surface area contributed by atoms with Crippen LogP contribution in [0, 0.1) is 29.6 Å². The van der Waals surface area contributed by atoms with Gasteiger partial charge in [0.05, 0.1) is 18.2 Å². The fraction of sp³-hybridized carbons (Fsp3) is 0.458. The van der Waals surface area contributed by atoms with E-state index in [1.807, 2.05) is 19.0 Å². The second-order valence-electron chi connectivity index (χ2n) is 9.26. The molecular formula is C24H26N2O7. The van der Waals surface area contributed by atoms with Crippen molar-refractivity contribution in [1.29, 1.82) is 0 Å². The average molecular weight is 454 g/mol. The number of benzene rings is 1. The number of hydrogen-bond acceptors (Lipinski definition) is 8. The van der Waals surface area contributed by atoms with Crippen LogP contribution in [0.1, 0.15) is 34.3 Å². The topological polar surface area (TPSA) is 161 Å². The van der Waals surface area contributed by atoms with Crippen molar-refractivity contribution < 1.29 is 34.8 Å². The molecule has 0 aromatic heterocycles. The number of carbonyl (C=O) groups excluding carboxylic acids is 3. The van der Waals surface area contributed by atoms with E-state index in [0.717, 1.165) is 0 Å². The lowest BCUT2D eigenvalue weighted by Gasteiger charge is -2.48. The van der Waals surface area contributed by atoms with Crippen LogP contribution in [0.2, 0.25) is 0 Å². The number of nitrogens with zero attached hydrogens (tertiary/aromatic N) is 1. The number of ketones is 2. The summed E-state index contributed by atoms with van der Waals surface area (Å²) in [6.07, 6.45) is -1.16. The van der Waals surface area contributed by atoms with Gasteiger partial charge in [0.2, 0.25) is 5.91 Å². The summed E-state index contributed by atoms with van der Waals surface area (Å²) in [7, 11) is 3.74. The third-order valence-corrected chi connectivity index (χ3v) is 6.89. The standard InChI is InChI=1S/C24H26N2O7/c1-26(2)7-3-4-11-5-6-15(27)18-14(11)9-12-8-13-10-16(28)19(23(25)32)22(31)24(13,33)21(30)17(12)20(18)29/h5-6,12-13,16,19,27-28,30,33H,7-10H2,1-2H3,(H2,25,32)/t12-,13+,16?,19?,24+/m1/s1. The molecule has 0 spiro atoms. The van der Waals surface area contributed by atoms with E-state index in [4.69, 9.17) is 5.73 Å². The van der Waals surface area contributed by atoms with Crippen molar-refractivity contribution in [3.8, 4) is 17.6 Å². The summed E-state index contributed by atoms with van der Waals surface area (Å²) in [6.45, 7) is 0.495. The van der Waals surface area contributed by atoms with E-state index in [9.17, 15) is 34.8 Å². The molecule has 5 atom stereocenters. The molecule has 3 aliphatic carbocycles. The lowest BCUT2D eigenvalue weighted by Crippen LogP contribution is -2.63. The van der Waals surface area contributed by atoms with Gasteiger partial charge in [0, 0.05) is 17.1 Å². The first-order valence-electron chi connectivity index (χ1n) is 10.7. The van der Waals surface area contributed by atoms with Gasteiger partial charge in [-0.05, 0) is 57.0 Å². The molecule has 33 heavy (non-hydrogen) atoms. The van der Waals surface area contributed by atoms with Crippen LogP contribution in [0.4, 0.5) is 0 Å². The van der Waals surface area contributed by atoms with E-state index < -0.39 is 52.7 Å². The van der Waals surface area contributed by atoms with Crippen LogP contribution in [-0.2, 0) is 16.0 Å².